The van der Waals surface area contributed by atoms with E-state index in [1.807, 2.05) is 48.5 Å². The van der Waals surface area contributed by atoms with Gasteiger partial charge in [-0.05, 0) is 67.0 Å². The van der Waals surface area contributed by atoms with Crippen LogP contribution in [-0.4, -0.2) is 36.5 Å². The average Bonchev–Trinajstić information content (AvgIpc) is 2.69. The first kappa shape index (κ1) is 21.7. The summed E-state index contributed by atoms with van der Waals surface area (Å²) in [5, 5.41) is 0. The summed E-state index contributed by atoms with van der Waals surface area (Å²) in [5.74, 6) is -0.368. The molecule has 1 aromatic carbocycles. The van der Waals surface area contributed by atoms with E-state index in [1.165, 1.54) is 6.07 Å². The standard InChI is InChI=1S/C20H30BFO5/c1-18(2,3)25-16(23)12-9-13-24-15-11-8-10-14(22)17(15)21-26-19(4,5)20(6,7)27-21/h8,10-11H,9,12-13H2,1-7H3. The summed E-state index contributed by atoms with van der Waals surface area (Å²) in [5.41, 5.74) is -1.42. The Kier molecular flexibility index (Phi) is 6.27. The Bertz CT molecular complexity index is 665. The Morgan fingerprint density at radius 1 is 1.15 bits per heavy atom. The molecule has 1 aliphatic rings. The fourth-order valence-corrected chi connectivity index (χ4v) is 2.62. The molecule has 0 aromatic heterocycles. The molecule has 1 aliphatic heterocycles. The van der Waals surface area contributed by atoms with Gasteiger partial charge in [0.15, 0.2) is 0 Å². The Balaban J connectivity index is 2.01. The van der Waals surface area contributed by atoms with E-state index in [9.17, 15) is 9.18 Å². The van der Waals surface area contributed by atoms with E-state index >= 15 is 0 Å². The van der Waals surface area contributed by atoms with Crippen molar-refractivity contribution in [3.05, 3.63) is 24.0 Å². The molecule has 150 valence electrons. The third-order valence-electron chi connectivity index (χ3n) is 4.70. The molecular weight excluding hydrogens is 350 g/mol. The molecule has 0 unspecified atom stereocenters. The first-order valence-corrected chi connectivity index (χ1v) is 9.31. The Hall–Kier alpha value is -1.60. The van der Waals surface area contributed by atoms with Gasteiger partial charge in [0.1, 0.15) is 17.2 Å². The monoisotopic (exact) mass is 380 g/mol. The highest BCUT2D eigenvalue weighted by Gasteiger charge is 2.53. The number of halogens is 1. The van der Waals surface area contributed by atoms with Crippen LogP contribution in [0.15, 0.2) is 18.2 Å². The minimum Gasteiger partial charge on any atom is -0.494 e. The van der Waals surface area contributed by atoms with Crippen molar-refractivity contribution in [1.29, 1.82) is 0 Å². The molecule has 1 heterocycles. The zero-order valence-corrected chi connectivity index (χ0v) is 17.3. The number of carbonyl (C=O) groups is 1. The van der Waals surface area contributed by atoms with Gasteiger partial charge in [0.05, 0.1) is 23.3 Å². The fraction of sp³-hybridized carbons (Fsp3) is 0.650. The summed E-state index contributed by atoms with van der Waals surface area (Å²) in [7, 11) is -0.850. The van der Waals surface area contributed by atoms with E-state index in [0.29, 0.717) is 12.2 Å². The van der Waals surface area contributed by atoms with Crippen LogP contribution in [0.1, 0.15) is 61.3 Å². The Morgan fingerprint density at radius 2 is 1.74 bits per heavy atom. The summed E-state index contributed by atoms with van der Waals surface area (Å²) in [6.07, 6.45) is 0.701. The number of carbonyl (C=O) groups excluding carboxylic acids is 1. The van der Waals surface area contributed by atoms with Crippen LogP contribution in [0.2, 0.25) is 0 Å². The summed E-state index contributed by atoms with van der Waals surface area (Å²) >= 11 is 0. The average molecular weight is 380 g/mol. The number of hydrogen-bond acceptors (Lipinski definition) is 5. The summed E-state index contributed by atoms with van der Waals surface area (Å²) in [6.45, 7) is 13.4. The van der Waals surface area contributed by atoms with Gasteiger partial charge in [-0.2, -0.15) is 0 Å². The quantitative estimate of drug-likeness (QED) is 0.429. The third-order valence-corrected chi connectivity index (χ3v) is 4.70. The topological polar surface area (TPSA) is 54.0 Å². The van der Waals surface area contributed by atoms with Gasteiger partial charge < -0.3 is 18.8 Å². The molecule has 1 fully saturated rings. The van der Waals surface area contributed by atoms with Gasteiger partial charge in [-0.1, -0.05) is 6.07 Å². The number of esters is 1. The first-order valence-electron chi connectivity index (χ1n) is 9.31. The van der Waals surface area contributed by atoms with Crippen LogP contribution in [0, 0.1) is 5.82 Å². The molecular formula is C20H30BFO5. The van der Waals surface area contributed by atoms with Crippen molar-refractivity contribution >= 4 is 18.6 Å². The molecule has 2 rings (SSSR count). The molecule has 0 aliphatic carbocycles. The second kappa shape index (κ2) is 7.80. The molecule has 0 saturated carbocycles. The van der Waals surface area contributed by atoms with Crippen LogP contribution < -0.4 is 10.2 Å². The summed E-state index contributed by atoms with van der Waals surface area (Å²) in [6, 6.07) is 4.61. The SMILES string of the molecule is CC(C)(C)OC(=O)CCCOc1cccc(F)c1B1OC(C)(C)C(C)(C)O1. The van der Waals surface area contributed by atoms with Crippen molar-refractivity contribution in [2.75, 3.05) is 6.61 Å². The van der Waals surface area contributed by atoms with Crippen molar-refractivity contribution in [3.8, 4) is 5.75 Å². The van der Waals surface area contributed by atoms with Crippen LogP contribution in [-0.2, 0) is 18.8 Å². The van der Waals surface area contributed by atoms with Crippen LogP contribution >= 0.6 is 0 Å². The number of ether oxygens (including phenoxy) is 2. The largest absolute Gasteiger partial charge is 0.501 e. The van der Waals surface area contributed by atoms with Crippen molar-refractivity contribution in [2.45, 2.75) is 78.1 Å². The molecule has 7 heteroatoms. The van der Waals surface area contributed by atoms with E-state index in [0.717, 1.165) is 0 Å². The highest BCUT2D eigenvalue weighted by Crippen LogP contribution is 2.37. The molecule has 1 aromatic rings. The molecule has 0 atom stereocenters. The van der Waals surface area contributed by atoms with Gasteiger partial charge in [-0.3, -0.25) is 4.79 Å². The van der Waals surface area contributed by atoms with Gasteiger partial charge in [0.2, 0.25) is 0 Å². The maximum Gasteiger partial charge on any atom is 0.501 e. The van der Waals surface area contributed by atoms with Crippen LogP contribution in [0.4, 0.5) is 4.39 Å². The minimum atomic E-state index is -0.850. The summed E-state index contributed by atoms with van der Waals surface area (Å²) in [4.78, 5) is 11.8. The zero-order chi connectivity index (χ0) is 20.5. The third kappa shape index (κ3) is 5.45. The normalized spacial score (nSPS) is 18.4. The van der Waals surface area contributed by atoms with E-state index in [-0.39, 0.29) is 24.5 Å². The highest BCUT2D eigenvalue weighted by atomic mass is 19.1. The van der Waals surface area contributed by atoms with E-state index in [4.69, 9.17) is 18.8 Å². The van der Waals surface area contributed by atoms with Gasteiger partial charge >= 0.3 is 13.1 Å². The lowest BCUT2D eigenvalue weighted by Gasteiger charge is -2.32. The molecule has 0 radical (unpaired) electrons. The molecule has 1 saturated heterocycles. The minimum absolute atomic E-state index is 0.235. The number of rotatable bonds is 6. The van der Waals surface area contributed by atoms with E-state index < -0.39 is 29.7 Å². The van der Waals surface area contributed by atoms with E-state index in [1.54, 1.807) is 12.1 Å². The number of benzene rings is 1. The van der Waals surface area contributed by atoms with Crippen LogP contribution in [0.5, 0.6) is 5.75 Å². The van der Waals surface area contributed by atoms with Crippen molar-refractivity contribution in [2.24, 2.45) is 0 Å². The van der Waals surface area contributed by atoms with Gasteiger partial charge in [-0.25, -0.2) is 4.39 Å². The smallest absolute Gasteiger partial charge is 0.494 e. The zero-order valence-electron chi connectivity index (χ0n) is 17.3. The highest BCUT2D eigenvalue weighted by molar-refractivity contribution is 6.63. The fourth-order valence-electron chi connectivity index (χ4n) is 2.62. The molecule has 0 amide bonds. The summed E-state index contributed by atoms with van der Waals surface area (Å²) < 4.78 is 37.4. The second-order valence-electron chi connectivity index (χ2n) is 8.78. The lowest BCUT2D eigenvalue weighted by molar-refractivity contribution is -0.155. The van der Waals surface area contributed by atoms with Gasteiger partial charge in [-0.15, -0.1) is 0 Å². The van der Waals surface area contributed by atoms with Crippen LogP contribution in [0.25, 0.3) is 0 Å². The Morgan fingerprint density at radius 3 is 2.30 bits per heavy atom. The molecule has 0 bridgehead atoms. The lowest BCUT2D eigenvalue weighted by atomic mass is 9.78. The van der Waals surface area contributed by atoms with Gasteiger partial charge in [0.25, 0.3) is 0 Å². The Labute approximate surface area is 161 Å². The molecule has 27 heavy (non-hydrogen) atoms. The number of hydrogen-bond donors (Lipinski definition) is 0. The predicted molar refractivity (Wildman–Crippen MR) is 103 cm³/mol. The molecule has 0 N–H and O–H groups in total. The maximum absolute atomic E-state index is 14.5. The van der Waals surface area contributed by atoms with Crippen molar-refractivity contribution < 1.29 is 28.0 Å². The lowest BCUT2D eigenvalue weighted by Crippen LogP contribution is -2.41. The van der Waals surface area contributed by atoms with Crippen molar-refractivity contribution in [3.63, 3.8) is 0 Å². The maximum atomic E-state index is 14.5. The first-order chi connectivity index (χ1) is 12.3. The van der Waals surface area contributed by atoms with Crippen molar-refractivity contribution in [1.82, 2.24) is 0 Å². The van der Waals surface area contributed by atoms with Crippen LogP contribution in [0.3, 0.4) is 0 Å². The molecule has 5 nitrogen and oxygen atoms in total. The molecule has 0 spiro atoms. The van der Waals surface area contributed by atoms with Gasteiger partial charge in [0, 0.05) is 6.42 Å². The van der Waals surface area contributed by atoms with E-state index in [2.05, 4.69) is 0 Å². The second-order valence-corrected chi connectivity index (χ2v) is 8.78. The predicted octanol–water partition coefficient (Wildman–Crippen LogP) is 3.63.